The van der Waals surface area contributed by atoms with Crippen molar-refractivity contribution in [1.29, 1.82) is 0 Å². The molecule has 146 valence electrons. The Labute approximate surface area is 157 Å². The second-order valence-corrected chi connectivity index (χ2v) is 7.63. The highest BCUT2D eigenvalue weighted by Gasteiger charge is 2.34. The van der Waals surface area contributed by atoms with E-state index in [1.165, 1.54) is 17.7 Å². The third-order valence-electron chi connectivity index (χ3n) is 5.28. The zero-order valence-corrected chi connectivity index (χ0v) is 15.9. The fourth-order valence-electron chi connectivity index (χ4n) is 3.73. The molecule has 0 amide bonds. The fraction of sp³-hybridized carbons (Fsp3) is 0.429. The number of rotatable bonds is 3. The van der Waals surface area contributed by atoms with Gasteiger partial charge in [0.25, 0.3) is 0 Å². The average Bonchev–Trinajstić information content (AvgIpc) is 2.56. The molecule has 0 spiro atoms. The van der Waals surface area contributed by atoms with Crippen LogP contribution in [0.2, 0.25) is 0 Å². The number of benzene rings is 2. The van der Waals surface area contributed by atoms with Crippen molar-refractivity contribution in [3.05, 3.63) is 41.5 Å². The molecule has 1 heterocycles. The minimum atomic E-state index is -4.80. The monoisotopic (exact) mass is 379 g/mol. The summed E-state index contributed by atoms with van der Waals surface area (Å²) < 4.78 is 42.7. The van der Waals surface area contributed by atoms with Crippen LogP contribution < -0.4 is 9.64 Å². The molecule has 0 bridgehead atoms. The van der Waals surface area contributed by atoms with E-state index < -0.39 is 6.36 Å². The molecule has 6 heteroatoms. The average molecular weight is 379 g/mol. The van der Waals surface area contributed by atoms with Crippen LogP contribution >= 0.6 is 0 Å². The standard InChI is InChI=1S/C21H24F3NO2/c1-5-25-9-8-20(3,4)17-10-13(2)15(12-18(17)25)16-11-14(26)6-7-19(16)27-21(22,23)24/h6-7,10-12,26H,5,8-9H2,1-4H3. The molecule has 1 aliphatic heterocycles. The lowest BCUT2D eigenvalue weighted by molar-refractivity contribution is -0.274. The molecular formula is C21H24F3NO2. The number of phenols is 1. The van der Waals surface area contributed by atoms with Crippen LogP contribution in [-0.2, 0) is 5.41 Å². The van der Waals surface area contributed by atoms with Crippen LogP contribution in [0.4, 0.5) is 18.9 Å². The SMILES string of the molecule is CCN1CCC(C)(C)c2cc(C)c(-c3cc(O)ccc3OC(F)(F)F)cc21. The van der Waals surface area contributed by atoms with Crippen molar-refractivity contribution < 1.29 is 23.0 Å². The van der Waals surface area contributed by atoms with Crippen LogP contribution in [0.5, 0.6) is 11.5 Å². The lowest BCUT2D eigenvalue weighted by Gasteiger charge is -2.40. The third kappa shape index (κ3) is 3.84. The second kappa shape index (κ2) is 6.66. The number of fused-ring (bicyclic) bond motifs is 1. The van der Waals surface area contributed by atoms with Gasteiger partial charge in [0.2, 0.25) is 0 Å². The molecule has 0 saturated carbocycles. The van der Waals surface area contributed by atoms with E-state index in [9.17, 15) is 18.3 Å². The highest BCUT2D eigenvalue weighted by atomic mass is 19.4. The molecule has 0 saturated heterocycles. The summed E-state index contributed by atoms with van der Waals surface area (Å²) in [6, 6.07) is 7.64. The van der Waals surface area contributed by atoms with Crippen molar-refractivity contribution in [2.24, 2.45) is 0 Å². The minimum Gasteiger partial charge on any atom is -0.508 e. The number of hydrogen-bond acceptors (Lipinski definition) is 3. The van der Waals surface area contributed by atoms with Crippen LogP contribution in [-0.4, -0.2) is 24.6 Å². The van der Waals surface area contributed by atoms with Gasteiger partial charge in [-0.2, -0.15) is 0 Å². The second-order valence-electron chi connectivity index (χ2n) is 7.63. The maximum Gasteiger partial charge on any atom is 0.573 e. The zero-order chi connectivity index (χ0) is 20.0. The summed E-state index contributed by atoms with van der Waals surface area (Å²) in [6.07, 6.45) is -3.79. The Kier molecular flexibility index (Phi) is 4.78. The number of hydrogen-bond donors (Lipinski definition) is 1. The van der Waals surface area contributed by atoms with Gasteiger partial charge in [-0.25, -0.2) is 0 Å². The smallest absolute Gasteiger partial charge is 0.508 e. The van der Waals surface area contributed by atoms with E-state index in [1.807, 2.05) is 19.1 Å². The molecule has 1 aliphatic rings. The van der Waals surface area contributed by atoms with Gasteiger partial charge in [-0.1, -0.05) is 19.9 Å². The number of aryl methyl sites for hydroxylation is 1. The van der Waals surface area contributed by atoms with Gasteiger partial charge in [-0.05, 0) is 66.6 Å². The van der Waals surface area contributed by atoms with Gasteiger partial charge in [-0.15, -0.1) is 13.2 Å². The van der Waals surface area contributed by atoms with Crippen LogP contribution in [0.15, 0.2) is 30.3 Å². The highest BCUT2D eigenvalue weighted by molar-refractivity contribution is 5.79. The van der Waals surface area contributed by atoms with E-state index in [4.69, 9.17) is 0 Å². The van der Waals surface area contributed by atoms with E-state index in [0.29, 0.717) is 5.56 Å². The Morgan fingerprint density at radius 1 is 1.15 bits per heavy atom. The maximum absolute atomic E-state index is 12.8. The summed E-state index contributed by atoms with van der Waals surface area (Å²) in [4.78, 5) is 2.23. The summed E-state index contributed by atoms with van der Waals surface area (Å²) >= 11 is 0. The lowest BCUT2D eigenvalue weighted by atomic mass is 9.76. The summed E-state index contributed by atoms with van der Waals surface area (Å²) in [5.41, 5.74) is 3.91. The molecule has 0 aromatic heterocycles. The first-order chi connectivity index (χ1) is 12.5. The third-order valence-corrected chi connectivity index (χ3v) is 5.28. The van der Waals surface area contributed by atoms with Gasteiger partial charge in [0.05, 0.1) is 0 Å². The number of phenolic OH excluding ortho intramolecular Hbond substituents is 1. The Balaban J connectivity index is 2.20. The van der Waals surface area contributed by atoms with Crippen LogP contribution in [0.3, 0.4) is 0 Å². The van der Waals surface area contributed by atoms with Gasteiger partial charge in [-0.3, -0.25) is 0 Å². The number of halogens is 3. The Hall–Kier alpha value is -2.37. The van der Waals surface area contributed by atoms with E-state index in [2.05, 4.69) is 30.4 Å². The summed E-state index contributed by atoms with van der Waals surface area (Å²) in [5, 5.41) is 9.86. The fourth-order valence-corrected chi connectivity index (χ4v) is 3.73. The van der Waals surface area contributed by atoms with Gasteiger partial charge >= 0.3 is 6.36 Å². The van der Waals surface area contributed by atoms with Crippen molar-refractivity contribution in [2.75, 3.05) is 18.0 Å². The molecule has 0 radical (unpaired) electrons. The van der Waals surface area contributed by atoms with Gasteiger partial charge < -0.3 is 14.7 Å². The van der Waals surface area contributed by atoms with E-state index >= 15 is 0 Å². The molecule has 1 N–H and O–H groups in total. The van der Waals surface area contributed by atoms with Crippen molar-refractivity contribution in [1.82, 2.24) is 0 Å². The molecule has 0 atom stereocenters. The molecule has 2 aromatic rings. The number of aromatic hydroxyl groups is 1. The summed E-state index contributed by atoms with van der Waals surface area (Å²) in [6.45, 7) is 10.0. The predicted octanol–water partition coefficient (Wildman–Crippen LogP) is 5.77. The van der Waals surface area contributed by atoms with E-state index in [0.717, 1.165) is 36.8 Å². The molecular weight excluding hydrogens is 355 g/mol. The van der Waals surface area contributed by atoms with E-state index in [-0.39, 0.29) is 22.5 Å². The Morgan fingerprint density at radius 3 is 2.48 bits per heavy atom. The molecule has 0 unspecified atom stereocenters. The van der Waals surface area contributed by atoms with Crippen LogP contribution in [0, 0.1) is 6.92 Å². The van der Waals surface area contributed by atoms with Crippen molar-refractivity contribution in [3.8, 4) is 22.6 Å². The van der Waals surface area contributed by atoms with Crippen molar-refractivity contribution in [2.45, 2.75) is 45.9 Å². The predicted molar refractivity (Wildman–Crippen MR) is 100 cm³/mol. The van der Waals surface area contributed by atoms with Crippen LogP contribution in [0.25, 0.3) is 11.1 Å². The van der Waals surface area contributed by atoms with E-state index in [1.54, 1.807) is 0 Å². The first kappa shape index (κ1) is 19.4. The van der Waals surface area contributed by atoms with Gasteiger partial charge in [0.15, 0.2) is 0 Å². The first-order valence-corrected chi connectivity index (χ1v) is 9.01. The van der Waals surface area contributed by atoms with Gasteiger partial charge in [0.1, 0.15) is 11.5 Å². The first-order valence-electron chi connectivity index (χ1n) is 9.01. The normalized spacial score (nSPS) is 16.2. The van der Waals surface area contributed by atoms with Crippen molar-refractivity contribution >= 4 is 5.69 Å². The summed E-state index contributed by atoms with van der Waals surface area (Å²) in [7, 11) is 0. The van der Waals surface area contributed by atoms with Gasteiger partial charge in [0, 0.05) is 24.3 Å². The molecule has 27 heavy (non-hydrogen) atoms. The topological polar surface area (TPSA) is 32.7 Å². The molecule has 2 aromatic carbocycles. The zero-order valence-electron chi connectivity index (χ0n) is 15.9. The van der Waals surface area contributed by atoms with Crippen LogP contribution in [0.1, 0.15) is 38.3 Å². The quantitative estimate of drug-likeness (QED) is 0.734. The number of nitrogens with zero attached hydrogens (tertiary/aromatic N) is 1. The number of anilines is 1. The van der Waals surface area contributed by atoms with Crippen molar-refractivity contribution in [3.63, 3.8) is 0 Å². The molecule has 3 nitrogen and oxygen atoms in total. The maximum atomic E-state index is 12.8. The molecule has 0 aliphatic carbocycles. The summed E-state index contributed by atoms with van der Waals surface area (Å²) in [5.74, 6) is -0.425. The number of ether oxygens (including phenoxy) is 1. The minimum absolute atomic E-state index is 0.00554. The largest absolute Gasteiger partial charge is 0.573 e. The Morgan fingerprint density at radius 2 is 1.85 bits per heavy atom. The Bertz CT molecular complexity index is 859. The highest BCUT2D eigenvalue weighted by Crippen LogP contribution is 2.45. The molecule has 3 rings (SSSR count). The molecule has 0 fully saturated rings. The lowest BCUT2D eigenvalue weighted by Crippen LogP contribution is -2.37. The number of alkyl halides is 3.